The summed E-state index contributed by atoms with van der Waals surface area (Å²) in [6, 6.07) is 0. The number of methoxy groups -OCH3 is 1. The van der Waals surface area contributed by atoms with Gasteiger partial charge in [-0.05, 0) is 26.4 Å². The highest BCUT2D eigenvalue weighted by Gasteiger charge is 2.05. The maximum absolute atomic E-state index is 5.53. The molecule has 0 aromatic carbocycles. The highest BCUT2D eigenvalue weighted by atomic mass is 16.5. The second-order valence-electron chi connectivity index (χ2n) is 3.54. The molecule has 3 heteroatoms. The molecule has 0 heterocycles. The number of rotatable bonds is 8. The minimum atomic E-state index is 0.226. The molecule has 0 radical (unpaired) electrons. The van der Waals surface area contributed by atoms with Gasteiger partial charge in [0.25, 0.3) is 0 Å². The van der Waals surface area contributed by atoms with Crippen LogP contribution in [0.15, 0.2) is 0 Å². The topological polar surface area (TPSA) is 38.5 Å². The van der Waals surface area contributed by atoms with E-state index in [0.717, 1.165) is 13.0 Å². The average Bonchev–Trinajstić information content (AvgIpc) is 2.16. The lowest BCUT2D eigenvalue weighted by molar-refractivity contribution is 0.0925. The van der Waals surface area contributed by atoms with E-state index in [1.54, 1.807) is 7.11 Å². The van der Waals surface area contributed by atoms with Crippen LogP contribution in [-0.2, 0) is 4.74 Å². The van der Waals surface area contributed by atoms with E-state index >= 15 is 0 Å². The van der Waals surface area contributed by atoms with E-state index in [1.807, 2.05) is 0 Å². The molecule has 0 aliphatic carbocycles. The Hall–Kier alpha value is -0.120. The highest BCUT2D eigenvalue weighted by Crippen LogP contribution is 1.98. The molecule has 0 amide bonds. The van der Waals surface area contributed by atoms with Crippen LogP contribution in [0.5, 0.6) is 0 Å². The maximum Gasteiger partial charge on any atom is 0.0705 e. The molecule has 0 saturated heterocycles. The molecule has 3 nitrogen and oxygen atoms in total. The van der Waals surface area contributed by atoms with Gasteiger partial charge in [-0.2, -0.15) is 0 Å². The highest BCUT2D eigenvalue weighted by molar-refractivity contribution is 4.61. The van der Waals surface area contributed by atoms with E-state index in [-0.39, 0.29) is 6.10 Å². The summed E-state index contributed by atoms with van der Waals surface area (Å²) in [7, 11) is 3.88. The third-order valence-corrected chi connectivity index (χ3v) is 2.32. The van der Waals surface area contributed by atoms with Gasteiger partial charge in [-0.3, -0.25) is 0 Å². The molecule has 0 aliphatic heterocycles. The van der Waals surface area contributed by atoms with E-state index < -0.39 is 0 Å². The zero-order valence-corrected chi connectivity index (χ0v) is 9.25. The van der Waals surface area contributed by atoms with Crippen LogP contribution in [0.25, 0.3) is 0 Å². The molecular formula is C10H24N2O. The van der Waals surface area contributed by atoms with Crippen molar-refractivity contribution < 1.29 is 4.74 Å². The molecule has 0 aromatic heterocycles. The fourth-order valence-corrected chi connectivity index (χ4v) is 1.24. The summed E-state index contributed by atoms with van der Waals surface area (Å²) in [6.45, 7) is 5.09. The minimum Gasteiger partial charge on any atom is -0.380 e. The molecule has 13 heavy (non-hydrogen) atoms. The average molecular weight is 188 g/mol. The van der Waals surface area contributed by atoms with Crippen LogP contribution in [0.3, 0.4) is 0 Å². The predicted molar refractivity (Wildman–Crippen MR) is 56.9 cm³/mol. The first-order chi connectivity index (χ1) is 6.24. The van der Waals surface area contributed by atoms with Crippen molar-refractivity contribution in [1.29, 1.82) is 0 Å². The Kier molecular flexibility index (Phi) is 8.40. The van der Waals surface area contributed by atoms with Gasteiger partial charge in [0, 0.05) is 20.2 Å². The first kappa shape index (κ1) is 12.9. The Morgan fingerprint density at radius 3 is 2.54 bits per heavy atom. The number of hydrogen-bond donors (Lipinski definition) is 1. The number of hydrogen-bond acceptors (Lipinski definition) is 3. The van der Waals surface area contributed by atoms with Crippen LogP contribution in [0.1, 0.15) is 26.2 Å². The number of nitrogens with two attached hydrogens (primary N) is 1. The van der Waals surface area contributed by atoms with Gasteiger partial charge >= 0.3 is 0 Å². The van der Waals surface area contributed by atoms with Crippen molar-refractivity contribution in [3.63, 3.8) is 0 Å². The monoisotopic (exact) mass is 188 g/mol. The molecule has 0 aliphatic rings. The van der Waals surface area contributed by atoms with Gasteiger partial charge in [0.2, 0.25) is 0 Å². The van der Waals surface area contributed by atoms with E-state index in [2.05, 4.69) is 18.9 Å². The SMILES string of the molecule is CCCCN(C)CCC(CN)OC. The van der Waals surface area contributed by atoms with Crippen molar-refractivity contribution in [2.24, 2.45) is 5.73 Å². The van der Waals surface area contributed by atoms with Gasteiger partial charge in [0.1, 0.15) is 0 Å². The lowest BCUT2D eigenvalue weighted by Gasteiger charge is -2.19. The van der Waals surface area contributed by atoms with Gasteiger partial charge in [-0.1, -0.05) is 13.3 Å². The van der Waals surface area contributed by atoms with E-state index in [4.69, 9.17) is 10.5 Å². The quantitative estimate of drug-likeness (QED) is 0.619. The smallest absolute Gasteiger partial charge is 0.0705 e. The van der Waals surface area contributed by atoms with Gasteiger partial charge in [0.05, 0.1) is 6.10 Å². The van der Waals surface area contributed by atoms with Gasteiger partial charge in [-0.25, -0.2) is 0 Å². The van der Waals surface area contributed by atoms with Crippen molar-refractivity contribution in [2.75, 3.05) is 33.8 Å². The molecule has 0 fully saturated rings. The third kappa shape index (κ3) is 6.99. The lowest BCUT2D eigenvalue weighted by Crippen LogP contribution is -2.29. The Balaban J connectivity index is 3.38. The van der Waals surface area contributed by atoms with Crippen LogP contribution in [0.4, 0.5) is 0 Å². The Labute approximate surface area is 82.2 Å². The van der Waals surface area contributed by atoms with Crippen LogP contribution in [0.2, 0.25) is 0 Å². The summed E-state index contributed by atoms with van der Waals surface area (Å²) in [5, 5.41) is 0. The van der Waals surface area contributed by atoms with Crippen LogP contribution in [0, 0.1) is 0 Å². The fraction of sp³-hybridized carbons (Fsp3) is 1.00. The van der Waals surface area contributed by atoms with Crippen LogP contribution in [-0.4, -0.2) is 44.8 Å². The fourth-order valence-electron chi connectivity index (χ4n) is 1.24. The largest absolute Gasteiger partial charge is 0.380 e. The molecular weight excluding hydrogens is 164 g/mol. The summed E-state index contributed by atoms with van der Waals surface area (Å²) in [4.78, 5) is 2.34. The molecule has 0 saturated carbocycles. The Bertz CT molecular complexity index is 105. The molecule has 0 rings (SSSR count). The predicted octanol–water partition coefficient (Wildman–Crippen LogP) is 1.08. The van der Waals surface area contributed by atoms with E-state index in [1.165, 1.54) is 19.4 Å². The molecule has 1 atom stereocenters. The second kappa shape index (κ2) is 8.48. The second-order valence-corrected chi connectivity index (χ2v) is 3.54. The van der Waals surface area contributed by atoms with Crippen molar-refractivity contribution in [3.05, 3.63) is 0 Å². The van der Waals surface area contributed by atoms with Gasteiger partial charge in [-0.15, -0.1) is 0 Å². The summed E-state index contributed by atoms with van der Waals surface area (Å²) >= 11 is 0. The van der Waals surface area contributed by atoms with Crippen molar-refractivity contribution in [2.45, 2.75) is 32.3 Å². The number of nitrogens with zero attached hydrogens (tertiary/aromatic N) is 1. The van der Waals surface area contributed by atoms with E-state index in [9.17, 15) is 0 Å². The van der Waals surface area contributed by atoms with Gasteiger partial charge < -0.3 is 15.4 Å². The van der Waals surface area contributed by atoms with Crippen molar-refractivity contribution in [3.8, 4) is 0 Å². The van der Waals surface area contributed by atoms with E-state index in [0.29, 0.717) is 6.54 Å². The minimum absolute atomic E-state index is 0.226. The molecule has 0 spiro atoms. The molecule has 0 bridgehead atoms. The molecule has 1 unspecified atom stereocenters. The number of unbranched alkanes of at least 4 members (excludes halogenated alkanes) is 1. The molecule has 0 aromatic rings. The number of ether oxygens (including phenoxy) is 1. The van der Waals surface area contributed by atoms with Crippen molar-refractivity contribution >= 4 is 0 Å². The summed E-state index contributed by atoms with van der Waals surface area (Å²) in [5.41, 5.74) is 5.53. The maximum atomic E-state index is 5.53. The first-order valence-electron chi connectivity index (χ1n) is 5.16. The normalized spacial score (nSPS) is 13.6. The standard InChI is InChI=1S/C10H24N2O/c1-4-5-7-12(2)8-6-10(9-11)13-3/h10H,4-9,11H2,1-3H3. The summed E-state index contributed by atoms with van der Waals surface area (Å²) in [5.74, 6) is 0. The van der Waals surface area contributed by atoms with Crippen LogP contribution >= 0.6 is 0 Å². The molecule has 2 N–H and O–H groups in total. The molecule has 80 valence electrons. The summed E-state index contributed by atoms with van der Waals surface area (Å²) < 4.78 is 5.20. The van der Waals surface area contributed by atoms with Gasteiger partial charge in [0.15, 0.2) is 0 Å². The lowest BCUT2D eigenvalue weighted by atomic mass is 10.2. The Morgan fingerprint density at radius 1 is 1.38 bits per heavy atom. The zero-order chi connectivity index (χ0) is 10.1. The zero-order valence-electron chi connectivity index (χ0n) is 9.25. The summed E-state index contributed by atoms with van der Waals surface area (Å²) in [6.07, 6.45) is 3.79. The van der Waals surface area contributed by atoms with Crippen LogP contribution < -0.4 is 5.73 Å². The third-order valence-electron chi connectivity index (χ3n) is 2.32. The van der Waals surface area contributed by atoms with Crippen molar-refractivity contribution in [1.82, 2.24) is 4.90 Å². The first-order valence-corrected chi connectivity index (χ1v) is 5.16. The Morgan fingerprint density at radius 2 is 2.08 bits per heavy atom.